The van der Waals surface area contributed by atoms with Crippen molar-refractivity contribution in [3.05, 3.63) is 107 Å². The van der Waals surface area contributed by atoms with E-state index in [9.17, 15) is 9.59 Å². The first-order valence-corrected chi connectivity index (χ1v) is 12.3. The Labute approximate surface area is 206 Å². The number of hydrogen-bond acceptors (Lipinski definition) is 2. The van der Waals surface area contributed by atoms with Crippen LogP contribution in [0.1, 0.15) is 71.5 Å². The third-order valence-electron chi connectivity index (χ3n) is 6.61. The molecule has 2 atom stereocenters. The van der Waals surface area contributed by atoms with Crippen molar-refractivity contribution in [3.63, 3.8) is 0 Å². The maximum absolute atomic E-state index is 12.5. The molecule has 0 aliphatic carbocycles. The number of aromatic nitrogens is 1. The van der Waals surface area contributed by atoms with E-state index in [0.717, 1.165) is 24.8 Å². The van der Waals surface area contributed by atoms with Gasteiger partial charge in [-0.2, -0.15) is 0 Å². The van der Waals surface area contributed by atoms with Gasteiger partial charge >= 0.3 is 5.97 Å². The van der Waals surface area contributed by atoms with Gasteiger partial charge in [-0.25, -0.2) is 0 Å². The van der Waals surface area contributed by atoms with E-state index in [1.54, 1.807) is 0 Å². The number of carbonyl (C=O) groups excluding carboxylic acids is 1. The highest BCUT2D eigenvalue weighted by Gasteiger charge is 2.28. The van der Waals surface area contributed by atoms with Crippen LogP contribution in [-0.2, 0) is 4.79 Å². The molecular weight excluding hydrogens is 436 g/mol. The topological polar surface area (TPSA) is 82.2 Å². The molecule has 0 aliphatic rings. The molecular formula is C30H32N2O3. The van der Waals surface area contributed by atoms with Crippen LogP contribution < -0.4 is 5.32 Å². The predicted molar refractivity (Wildman–Crippen MR) is 140 cm³/mol. The molecule has 1 heterocycles. The molecule has 0 saturated heterocycles. The minimum absolute atomic E-state index is 0.0910. The molecule has 1 aromatic heterocycles. The average Bonchev–Trinajstić information content (AvgIpc) is 3.30. The zero-order valence-corrected chi connectivity index (χ0v) is 20.0. The average molecular weight is 469 g/mol. The Kier molecular flexibility index (Phi) is 7.99. The number of rotatable bonds is 11. The lowest BCUT2D eigenvalue weighted by Crippen LogP contribution is -2.26. The Bertz CT molecular complexity index is 1260. The summed E-state index contributed by atoms with van der Waals surface area (Å²) in [5.41, 5.74) is 5.42. The van der Waals surface area contributed by atoms with E-state index < -0.39 is 5.97 Å². The Hall–Kier alpha value is -3.86. The second kappa shape index (κ2) is 11.5. The monoisotopic (exact) mass is 468 g/mol. The molecule has 4 aromatic rings. The fourth-order valence-corrected chi connectivity index (χ4v) is 4.86. The van der Waals surface area contributed by atoms with Gasteiger partial charge in [0.25, 0.3) is 5.91 Å². The molecule has 4 rings (SSSR count). The van der Waals surface area contributed by atoms with Gasteiger partial charge in [0.2, 0.25) is 0 Å². The van der Waals surface area contributed by atoms with Gasteiger partial charge in [0.1, 0.15) is 0 Å². The van der Waals surface area contributed by atoms with Gasteiger partial charge in [0.15, 0.2) is 0 Å². The van der Waals surface area contributed by atoms with Crippen LogP contribution in [0.5, 0.6) is 0 Å². The van der Waals surface area contributed by atoms with Gasteiger partial charge in [-0.1, -0.05) is 80.4 Å². The number of benzene rings is 3. The van der Waals surface area contributed by atoms with Crippen molar-refractivity contribution in [2.75, 3.05) is 6.54 Å². The zero-order chi connectivity index (χ0) is 24.6. The Balaban J connectivity index is 1.70. The van der Waals surface area contributed by atoms with Crippen molar-refractivity contribution >= 4 is 22.8 Å². The first-order valence-electron chi connectivity index (χ1n) is 12.3. The van der Waals surface area contributed by atoms with Gasteiger partial charge in [-0.15, -0.1) is 0 Å². The van der Waals surface area contributed by atoms with Gasteiger partial charge in [-0.3, -0.25) is 9.59 Å². The van der Waals surface area contributed by atoms with Crippen LogP contribution in [0.25, 0.3) is 10.9 Å². The molecule has 180 valence electrons. The third-order valence-corrected chi connectivity index (χ3v) is 6.61. The fraction of sp³-hybridized carbons (Fsp3) is 0.267. The summed E-state index contributed by atoms with van der Waals surface area (Å²) in [6, 6.07) is 26.9. The van der Waals surface area contributed by atoms with Crippen molar-refractivity contribution in [1.82, 2.24) is 10.3 Å². The number of unbranched alkanes of at least 4 members (excludes halogenated alkanes) is 1. The first-order chi connectivity index (χ1) is 17.1. The van der Waals surface area contributed by atoms with Crippen LogP contribution in [-0.4, -0.2) is 28.5 Å². The Morgan fingerprint density at radius 2 is 1.63 bits per heavy atom. The second-order valence-electron chi connectivity index (χ2n) is 8.95. The van der Waals surface area contributed by atoms with Crippen LogP contribution in [0, 0.1) is 0 Å². The lowest BCUT2D eigenvalue weighted by Gasteiger charge is -2.29. The molecule has 3 N–H and O–H groups in total. The normalized spacial score (nSPS) is 12.8. The minimum atomic E-state index is -0.927. The van der Waals surface area contributed by atoms with Crippen molar-refractivity contribution in [2.45, 2.75) is 44.4 Å². The van der Waals surface area contributed by atoms with Crippen LogP contribution in [0.4, 0.5) is 0 Å². The molecule has 35 heavy (non-hydrogen) atoms. The van der Waals surface area contributed by atoms with Crippen LogP contribution in [0.15, 0.2) is 85.1 Å². The molecule has 0 spiro atoms. The zero-order valence-electron chi connectivity index (χ0n) is 20.0. The van der Waals surface area contributed by atoms with Gasteiger partial charge < -0.3 is 15.4 Å². The highest BCUT2D eigenvalue weighted by molar-refractivity contribution is 5.94. The lowest BCUT2D eigenvalue weighted by atomic mass is 9.74. The number of fused-ring (bicyclic) bond motifs is 1. The number of carboxylic acid groups (broad SMARTS) is 1. The molecule has 2 unspecified atom stereocenters. The summed E-state index contributed by atoms with van der Waals surface area (Å²) in [5, 5.41) is 12.7. The molecule has 3 aromatic carbocycles. The minimum Gasteiger partial charge on any atom is -0.481 e. The number of carbonyl (C=O) groups is 2. The van der Waals surface area contributed by atoms with Crippen LogP contribution in [0.3, 0.4) is 0 Å². The molecule has 0 fully saturated rings. The van der Waals surface area contributed by atoms with E-state index in [0.29, 0.717) is 5.56 Å². The summed E-state index contributed by atoms with van der Waals surface area (Å²) in [6.07, 6.45) is 5.29. The number of aromatic amines is 1. The fourth-order valence-electron chi connectivity index (χ4n) is 4.86. The molecule has 0 saturated carbocycles. The van der Waals surface area contributed by atoms with Crippen molar-refractivity contribution in [2.24, 2.45) is 0 Å². The van der Waals surface area contributed by atoms with Gasteiger partial charge in [-0.05, 0) is 47.2 Å². The van der Waals surface area contributed by atoms with Crippen molar-refractivity contribution in [3.8, 4) is 0 Å². The maximum Gasteiger partial charge on any atom is 0.305 e. The number of H-pyrrole nitrogens is 1. The number of aliphatic carboxylic acids is 1. The number of nitrogens with one attached hydrogen (secondary N) is 2. The van der Waals surface area contributed by atoms with Crippen LogP contribution in [0.2, 0.25) is 0 Å². The standard InChI is InChI=1S/C30H32N2O3/c1-2-3-11-24(21-14-16-23(17-15-21)30(35)31-19-18-28(33)34)29(22-9-5-4-6-10-22)26-20-32-27-13-8-7-12-25(26)27/h4-10,12-17,20,24,29,32H,2-3,11,18-19H2,1H3,(H,31,35)(H,33,34). The van der Waals surface area contributed by atoms with E-state index in [2.05, 4.69) is 90.2 Å². The predicted octanol–water partition coefficient (Wildman–Crippen LogP) is 6.48. The number of para-hydroxylation sites is 1. The Morgan fingerprint density at radius 3 is 2.34 bits per heavy atom. The summed E-state index contributed by atoms with van der Waals surface area (Å²) in [7, 11) is 0. The lowest BCUT2D eigenvalue weighted by molar-refractivity contribution is -0.136. The summed E-state index contributed by atoms with van der Waals surface area (Å²) in [4.78, 5) is 26.6. The summed E-state index contributed by atoms with van der Waals surface area (Å²) in [5.74, 6) is -0.780. The number of amides is 1. The van der Waals surface area contributed by atoms with Gasteiger partial charge in [0, 0.05) is 35.1 Å². The molecule has 0 aliphatic heterocycles. The SMILES string of the molecule is CCCCC(c1ccc(C(=O)NCCC(=O)O)cc1)C(c1ccccc1)c1c[nH]c2ccccc12. The number of hydrogen-bond donors (Lipinski definition) is 3. The largest absolute Gasteiger partial charge is 0.481 e. The highest BCUT2D eigenvalue weighted by atomic mass is 16.4. The van der Waals surface area contributed by atoms with E-state index in [-0.39, 0.29) is 30.7 Å². The van der Waals surface area contributed by atoms with E-state index in [1.807, 2.05) is 12.1 Å². The highest BCUT2D eigenvalue weighted by Crippen LogP contribution is 2.44. The molecule has 5 nitrogen and oxygen atoms in total. The van der Waals surface area contributed by atoms with Gasteiger partial charge in [0.05, 0.1) is 6.42 Å². The van der Waals surface area contributed by atoms with Crippen molar-refractivity contribution < 1.29 is 14.7 Å². The molecule has 5 heteroatoms. The number of carboxylic acids is 1. The second-order valence-corrected chi connectivity index (χ2v) is 8.95. The molecule has 0 radical (unpaired) electrons. The molecule has 1 amide bonds. The maximum atomic E-state index is 12.5. The van der Waals surface area contributed by atoms with Crippen molar-refractivity contribution in [1.29, 1.82) is 0 Å². The Morgan fingerprint density at radius 1 is 0.914 bits per heavy atom. The van der Waals surface area contributed by atoms with E-state index in [4.69, 9.17) is 5.11 Å². The first kappa shape index (κ1) is 24.3. The summed E-state index contributed by atoms with van der Waals surface area (Å²) < 4.78 is 0. The smallest absolute Gasteiger partial charge is 0.305 e. The summed E-state index contributed by atoms with van der Waals surface area (Å²) in [6.45, 7) is 2.33. The quantitative estimate of drug-likeness (QED) is 0.236. The summed E-state index contributed by atoms with van der Waals surface area (Å²) >= 11 is 0. The van der Waals surface area contributed by atoms with E-state index >= 15 is 0 Å². The van der Waals surface area contributed by atoms with E-state index in [1.165, 1.54) is 22.1 Å². The third kappa shape index (κ3) is 5.80. The van der Waals surface area contributed by atoms with Crippen LogP contribution >= 0.6 is 0 Å². The molecule has 0 bridgehead atoms.